The van der Waals surface area contributed by atoms with Crippen LogP contribution < -0.4 is 0 Å². The van der Waals surface area contributed by atoms with Gasteiger partial charge >= 0.3 is 0 Å². The van der Waals surface area contributed by atoms with Gasteiger partial charge in [-0.1, -0.05) is 137 Å². The first-order chi connectivity index (χ1) is 17.5. The molecule has 0 spiro atoms. The average Bonchev–Trinajstić information content (AvgIpc) is 2.77. The summed E-state index contributed by atoms with van der Waals surface area (Å²) in [6, 6.07) is 13.2. The van der Waals surface area contributed by atoms with E-state index < -0.39 is 0 Å². The lowest BCUT2D eigenvalue weighted by molar-refractivity contribution is 0.588. The van der Waals surface area contributed by atoms with E-state index in [1.807, 2.05) is 0 Å². The fourth-order valence-electron chi connectivity index (χ4n) is 4.15. The Bertz CT molecular complexity index is 1060. The summed E-state index contributed by atoms with van der Waals surface area (Å²) >= 11 is 15.8. The van der Waals surface area contributed by atoms with Crippen molar-refractivity contribution in [2.24, 2.45) is 0 Å². The van der Waals surface area contributed by atoms with Gasteiger partial charge in [0, 0.05) is 14.7 Å². The Morgan fingerprint density at radius 1 is 0.333 bits per heavy atom. The lowest BCUT2D eigenvalue weighted by atomic mass is 9.85. The Labute approximate surface area is 272 Å². The Morgan fingerprint density at radius 2 is 0.452 bits per heavy atom. The summed E-state index contributed by atoms with van der Waals surface area (Å²) in [6.07, 6.45) is 0. The molecule has 0 aliphatic rings. The van der Waals surface area contributed by atoms with Gasteiger partial charge in [-0.05, 0) is 108 Å². The van der Waals surface area contributed by atoms with Crippen molar-refractivity contribution in [2.75, 3.05) is 0 Å². The van der Waals surface area contributed by atoms with Crippen LogP contribution in [0.5, 0.6) is 0 Å². The maximum Gasteiger partial charge on any atom is 0.0435 e. The summed E-state index contributed by atoms with van der Waals surface area (Å²) in [5, 5.41) is 0. The van der Waals surface area contributed by atoms with E-state index in [2.05, 4.69) is 140 Å². The van der Waals surface area contributed by atoms with Crippen LogP contribution in [0, 0.1) is 41.5 Å². The maximum absolute atomic E-state index is 5.28. The summed E-state index contributed by atoms with van der Waals surface area (Å²) in [5.74, 6) is 0. The van der Waals surface area contributed by atoms with Crippen LogP contribution in [-0.2, 0) is 16.2 Å². The first kappa shape index (κ1) is 44.5. The highest BCUT2D eigenvalue weighted by Gasteiger charge is 2.17. The average molecular weight is 640 g/mol. The number of hydrogen-bond donors (Lipinski definition) is 0. The van der Waals surface area contributed by atoms with Gasteiger partial charge in [0.1, 0.15) is 0 Å². The molecule has 0 atom stereocenters. The molecule has 3 radical (unpaired) electrons. The highest BCUT2D eigenvalue weighted by Crippen LogP contribution is 2.30. The number of halogens is 3. The van der Waals surface area contributed by atoms with E-state index in [1.54, 1.807) is 0 Å². The van der Waals surface area contributed by atoms with Crippen LogP contribution in [0.1, 0.15) is 112 Å². The van der Waals surface area contributed by atoms with Crippen LogP contribution in [0.25, 0.3) is 0 Å². The second kappa shape index (κ2) is 16.8. The largest absolute Gasteiger partial charge is 0.269 e. The Kier molecular flexibility index (Phi) is 17.8. The first-order valence-electron chi connectivity index (χ1n) is 13.8. The topological polar surface area (TPSA) is 0 Å². The summed E-state index contributed by atoms with van der Waals surface area (Å²) in [7, 11) is 0. The SMILES string of the molecule is Cc1cc(C(C)(C)C)cc(C)c1[S].Cc1cc(C(C)(C)C)cc(C)c1[S].Cc1cc(C(C)(C)C)cc(C)c1[S].F.F.F. The molecule has 0 bridgehead atoms. The van der Waals surface area contributed by atoms with Gasteiger partial charge in [0.15, 0.2) is 0 Å². The molecule has 0 saturated carbocycles. The summed E-state index contributed by atoms with van der Waals surface area (Å²) in [4.78, 5) is 3.02. The van der Waals surface area contributed by atoms with Gasteiger partial charge in [0.05, 0.1) is 0 Å². The van der Waals surface area contributed by atoms with Crippen molar-refractivity contribution in [1.82, 2.24) is 0 Å². The van der Waals surface area contributed by atoms with Crippen molar-refractivity contribution < 1.29 is 14.1 Å². The van der Waals surface area contributed by atoms with Crippen molar-refractivity contribution in [2.45, 2.75) is 135 Å². The van der Waals surface area contributed by atoms with Gasteiger partial charge in [-0.25, -0.2) is 0 Å². The lowest BCUT2D eigenvalue weighted by Crippen LogP contribution is -2.11. The molecule has 0 aliphatic carbocycles. The molecule has 6 heteroatoms. The first-order valence-corrected chi connectivity index (χ1v) is 15.1. The normalized spacial score (nSPS) is 10.9. The summed E-state index contributed by atoms with van der Waals surface area (Å²) < 4.78 is 0. The van der Waals surface area contributed by atoms with Crippen LogP contribution in [0.2, 0.25) is 0 Å². The molecule has 0 nitrogen and oxygen atoms in total. The van der Waals surface area contributed by atoms with E-state index in [9.17, 15) is 0 Å². The third kappa shape index (κ3) is 12.8. The van der Waals surface area contributed by atoms with E-state index in [4.69, 9.17) is 37.9 Å². The van der Waals surface area contributed by atoms with Gasteiger partial charge in [-0.15, -0.1) is 0 Å². The zero-order valence-electron chi connectivity index (χ0n) is 28.4. The number of rotatable bonds is 0. The molecule has 3 rings (SSSR count). The van der Waals surface area contributed by atoms with Gasteiger partial charge in [0.25, 0.3) is 0 Å². The molecule has 0 unspecified atom stereocenters. The minimum atomic E-state index is 0. The van der Waals surface area contributed by atoms with Crippen molar-refractivity contribution in [3.05, 3.63) is 86.5 Å². The van der Waals surface area contributed by atoms with Gasteiger partial charge in [-0.3, -0.25) is 14.1 Å². The molecule has 42 heavy (non-hydrogen) atoms. The molecule has 0 aromatic heterocycles. The third-order valence-electron chi connectivity index (χ3n) is 6.98. The third-order valence-corrected chi connectivity index (χ3v) is 8.91. The van der Waals surface area contributed by atoms with E-state index in [1.165, 1.54) is 50.1 Å². The minimum absolute atomic E-state index is 0. The molecular weight excluding hydrogens is 586 g/mol. The zero-order chi connectivity index (χ0) is 30.7. The zero-order valence-corrected chi connectivity index (χ0v) is 30.9. The minimum Gasteiger partial charge on any atom is -0.269 e. The van der Waals surface area contributed by atoms with Crippen molar-refractivity contribution in [1.29, 1.82) is 0 Å². The predicted octanol–water partition coefficient (Wildman–Crippen LogP) is 12.9. The van der Waals surface area contributed by atoms with Gasteiger partial charge in [-0.2, -0.15) is 0 Å². The van der Waals surface area contributed by atoms with Crippen molar-refractivity contribution in [3.63, 3.8) is 0 Å². The standard InChI is InChI=1S/3C12H17S.3FH/c3*1-8-6-10(12(3,4)5)7-9(2)11(8)13;;;/h3*6-7H,1-5H3;3*1H. The number of aryl methyl sites for hydroxylation is 6. The molecule has 3 aromatic carbocycles. The Balaban J connectivity index is -0.000000524. The number of hydrogen-bond acceptors (Lipinski definition) is 0. The predicted molar refractivity (Wildman–Crippen MR) is 189 cm³/mol. The Morgan fingerprint density at radius 3 is 0.548 bits per heavy atom. The smallest absolute Gasteiger partial charge is 0.0435 e. The molecule has 3 aromatic rings. The van der Waals surface area contributed by atoms with Gasteiger partial charge < -0.3 is 0 Å². The monoisotopic (exact) mass is 639 g/mol. The fraction of sp³-hybridized carbons (Fsp3) is 0.500. The maximum atomic E-state index is 5.28. The van der Waals surface area contributed by atoms with Crippen molar-refractivity contribution in [3.8, 4) is 0 Å². The molecule has 0 saturated heterocycles. The second-order valence-electron chi connectivity index (χ2n) is 14.1. The van der Waals surface area contributed by atoms with Crippen molar-refractivity contribution >= 4 is 37.9 Å². The highest BCUT2D eigenvalue weighted by atomic mass is 32.1. The van der Waals surface area contributed by atoms with Gasteiger partial charge in [0.2, 0.25) is 0 Å². The van der Waals surface area contributed by atoms with Crippen LogP contribution in [0.4, 0.5) is 14.1 Å². The molecular formula is C36H54F3S3. The molecule has 0 N–H and O–H groups in total. The molecule has 0 heterocycles. The second-order valence-corrected chi connectivity index (χ2v) is 15.3. The highest BCUT2D eigenvalue weighted by molar-refractivity contribution is 7.80. The van der Waals surface area contributed by atoms with E-state index >= 15 is 0 Å². The summed E-state index contributed by atoms with van der Waals surface area (Å²) in [5.41, 5.74) is 12.1. The lowest BCUT2D eigenvalue weighted by Gasteiger charge is -2.21. The molecule has 237 valence electrons. The van der Waals surface area contributed by atoms with Crippen LogP contribution in [0.15, 0.2) is 51.1 Å². The number of benzene rings is 3. The molecule has 0 amide bonds. The van der Waals surface area contributed by atoms with E-state index in [-0.39, 0.29) is 30.4 Å². The van der Waals surface area contributed by atoms with E-state index in [0.29, 0.717) is 0 Å². The molecule has 0 aliphatic heterocycles. The fourth-order valence-corrected chi connectivity index (χ4v) is 4.50. The van der Waals surface area contributed by atoms with Crippen LogP contribution >= 0.6 is 37.9 Å². The molecule has 0 fully saturated rings. The quantitative estimate of drug-likeness (QED) is 0.230. The van der Waals surface area contributed by atoms with E-state index in [0.717, 1.165) is 14.7 Å². The Hall–Kier alpha value is -1.89. The van der Waals surface area contributed by atoms with Crippen LogP contribution in [0.3, 0.4) is 0 Å². The summed E-state index contributed by atoms with van der Waals surface area (Å²) in [6.45, 7) is 32.6. The van der Waals surface area contributed by atoms with Crippen LogP contribution in [-0.4, -0.2) is 0 Å².